The third kappa shape index (κ3) is 3.06. The van der Waals surface area contributed by atoms with Crippen molar-refractivity contribution in [1.82, 2.24) is 9.78 Å². The standard InChI is InChI=1S/C17H15BrN2S/c1-12-17(21-16-10-8-14(18)9-11-16)13(2)20(19-12)15-6-4-3-5-7-15/h3-11H,1-2H3. The van der Waals surface area contributed by atoms with E-state index in [0.29, 0.717) is 0 Å². The summed E-state index contributed by atoms with van der Waals surface area (Å²) in [5, 5.41) is 4.68. The summed E-state index contributed by atoms with van der Waals surface area (Å²) >= 11 is 5.23. The second kappa shape index (κ2) is 6.08. The Bertz CT molecular complexity index is 748. The molecule has 0 N–H and O–H groups in total. The maximum absolute atomic E-state index is 4.68. The fourth-order valence-electron chi connectivity index (χ4n) is 2.22. The van der Waals surface area contributed by atoms with Crippen LogP contribution in [-0.2, 0) is 0 Å². The normalized spacial score (nSPS) is 10.8. The molecule has 3 rings (SSSR count). The number of benzene rings is 2. The number of hydrogen-bond acceptors (Lipinski definition) is 2. The molecule has 0 aliphatic rings. The lowest BCUT2D eigenvalue weighted by molar-refractivity contribution is 0.832. The van der Waals surface area contributed by atoms with E-state index in [1.807, 2.05) is 22.9 Å². The summed E-state index contributed by atoms with van der Waals surface area (Å²) in [7, 11) is 0. The zero-order chi connectivity index (χ0) is 14.8. The van der Waals surface area contributed by atoms with Gasteiger partial charge in [-0.1, -0.05) is 45.9 Å². The Morgan fingerprint density at radius 1 is 0.952 bits per heavy atom. The summed E-state index contributed by atoms with van der Waals surface area (Å²) in [6.07, 6.45) is 0. The van der Waals surface area contributed by atoms with E-state index in [4.69, 9.17) is 0 Å². The van der Waals surface area contributed by atoms with Crippen LogP contribution in [0.15, 0.2) is 68.9 Å². The number of para-hydroxylation sites is 1. The number of nitrogens with zero attached hydrogens (tertiary/aromatic N) is 2. The predicted molar refractivity (Wildman–Crippen MR) is 91.3 cm³/mol. The van der Waals surface area contributed by atoms with Crippen LogP contribution in [0.3, 0.4) is 0 Å². The number of aromatic nitrogens is 2. The summed E-state index contributed by atoms with van der Waals surface area (Å²) in [5.41, 5.74) is 3.33. The molecule has 2 nitrogen and oxygen atoms in total. The largest absolute Gasteiger partial charge is 0.237 e. The van der Waals surface area contributed by atoms with Gasteiger partial charge in [0.15, 0.2) is 0 Å². The summed E-state index contributed by atoms with van der Waals surface area (Å²) in [6.45, 7) is 4.18. The van der Waals surface area contributed by atoms with Crippen molar-refractivity contribution < 1.29 is 0 Å². The lowest BCUT2D eigenvalue weighted by Crippen LogP contribution is -1.98. The minimum absolute atomic E-state index is 1.06. The van der Waals surface area contributed by atoms with Gasteiger partial charge < -0.3 is 0 Å². The Morgan fingerprint density at radius 3 is 2.29 bits per heavy atom. The quantitative estimate of drug-likeness (QED) is 0.623. The van der Waals surface area contributed by atoms with Gasteiger partial charge in [-0.2, -0.15) is 5.10 Å². The van der Waals surface area contributed by atoms with Crippen molar-refractivity contribution in [2.45, 2.75) is 23.6 Å². The van der Waals surface area contributed by atoms with Crippen molar-refractivity contribution in [1.29, 1.82) is 0 Å². The molecule has 21 heavy (non-hydrogen) atoms. The van der Waals surface area contributed by atoms with E-state index in [2.05, 4.69) is 71.3 Å². The Kier molecular flexibility index (Phi) is 4.17. The summed E-state index contributed by atoms with van der Waals surface area (Å²) in [4.78, 5) is 2.44. The molecule has 0 aliphatic carbocycles. The van der Waals surface area contributed by atoms with Crippen molar-refractivity contribution >= 4 is 27.7 Å². The van der Waals surface area contributed by atoms with E-state index in [9.17, 15) is 0 Å². The van der Waals surface area contributed by atoms with E-state index >= 15 is 0 Å². The Balaban J connectivity index is 1.97. The minimum Gasteiger partial charge on any atom is -0.237 e. The molecule has 0 radical (unpaired) electrons. The fourth-order valence-corrected chi connectivity index (χ4v) is 3.41. The monoisotopic (exact) mass is 358 g/mol. The highest BCUT2D eigenvalue weighted by Gasteiger charge is 2.13. The average molecular weight is 359 g/mol. The van der Waals surface area contributed by atoms with E-state index in [-0.39, 0.29) is 0 Å². The molecule has 4 heteroatoms. The van der Waals surface area contributed by atoms with Gasteiger partial charge in [0, 0.05) is 9.37 Å². The van der Waals surface area contributed by atoms with Crippen LogP contribution in [0.25, 0.3) is 5.69 Å². The summed E-state index contributed by atoms with van der Waals surface area (Å²) in [5.74, 6) is 0. The predicted octanol–water partition coefficient (Wildman–Crippen LogP) is 5.40. The molecule has 0 bridgehead atoms. The highest BCUT2D eigenvalue weighted by Crippen LogP contribution is 2.34. The van der Waals surface area contributed by atoms with E-state index < -0.39 is 0 Å². The van der Waals surface area contributed by atoms with Crippen LogP contribution in [0, 0.1) is 13.8 Å². The fraction of sp³-hybridized carbons (Fsp3) is 0.118. The van der Waals surface area contributed by atoms with E-state index in [1.54, 1.807) is 11.8 Å². The summed E-state index contributed by atoms with van der Waals surface area (Å²) in [6, 6.07) is 18.6. The van der Waals surface area contributed by atoms with Gasteiger partial charge in [-0.05, 0) is 50.2 Å². The van der Waals surface area contributed by atoms with Crippen LogP contribution in [0.1, 0.15) is 11.4 Å². The zero-order valence-corrected chi connectivity index (χ0v) is 14.3. The molecule has 1 heterocycles. The van der Waals surface area contributed by atoms with Gasteiger partial charge in [-0.15, -0.1) is 0 Å². The number of hydrogen-bond donors (Lipinski definition) is 0. The van der Waals surface area contributed by atoms with Gasteiger partial charge in [-0.3, -0.25) is 0 Å². The van der Waals surface area contributed by atoms with Crippen molar-refractivity contribution in [3.63, 3.8) is 0 Å². The van der Waals surface area contributed by atoms with Crippen molar-refractivity contribution in [3.8, 4) is 5.69 Å². The number of aryl methyl sites for hydroxylation is 1. The average Bonchev–Trinajstić information content (AvgIpc) is 2.78. The second-order valence-electron chi connectivity index (χ2n) is 4.80. The van der Waals surface area contributed by atoms with Crippen LogP contribution in [-0.4, -0.2) is 9.78 Å². The maximum Gasteiger partial charge on any atom is 0.0740 e. The molecule has 0 saturated heterocycles. The summed E-state index contributed by atoms with van der Waals surface area (Å²) < 4.78 is 3.11. The SMILES string of the molecule is Cc1nn(-c2ccccc2)c(C)c1Sc1ccc(Br)cc1. The molecular weight excluding hydrogens is 344 g/mol. The van der Waals surface area contributed by atoms with E-state index in [0.717, 1.165) is 15.9 Å². The highest BCUT2D eigenvalue weighted by atomic mass is 79.9. The minimum atomic E-state index is 1.06. The molecule has 0 fully saturated rings. The third-order valence-electron chi connectivity index (χ3n) is 3.26. The third-order valence-corrected chi connectivity index (χ3v) is 5.09. The van der Waals surface area contributed by atoms with Gasteiger partial charge in [0.2, 0.25) is 0 Å². The van der Waals surface area contributed by atoms with Crippen LogP contribution in [0.2, 0.25) is 0 Å². The molecule has 0 unspecified atom stereocenters. The Hall–Kier alpha value is -1.52. The molecule has 0 atom stereocenters. The molecule has 0 spiro atoms. The highest BCUT2D eigenvalue weighted by molar-refractivity contribution is 9.10. The number of rotatable bonds is 3. The molecule has 0 saturated carbocycles. The molecule has 3 aromatic rings. The van der Waals surface area contributed by atoms with Gasteiger partial charge in [0.1, 0.15) is 0 Å². The molecule has 106 valence electrons. The van der Waals surface area contributed by atoms with Crippen LogP contribution < -0.4 is 0 Å². The van der Waals surface area contributed by atoms with Crippen LogP contribution >= 0.6 is 27.7 Å². The van der Waals surface area contributed by atoms with Crippen molar-refractivity contribution in [2.75, 3.05) is 0 Å². The molecular formula is C17H15BrN2S. The van der Waals surface area contributed by atoms with Gasteiger partial charge in [-0.25, -0.2) is 4.68 Å². The Labute approximate surface area is 137 Å². The lowest BCUT2D eigenvalue weighted by atomic mass is 10.3. The first-order valence-corrected chi connectivity index (χ1v) is 8.31. The first kappa shape index (κ1) is 14.4. The number of halogens is 1. The van der Waals surface area contributed by atoms with Gasteiger partial charge in [0.25, 0.3) is 0 Å². The molecule has 0 aliphatic heterocycles. The first-order chi connectivity index (χ1) is 10.1. The van der Waals surface area contributed by atoms with Crippen LogP contribution in [0.4, 0.5) is 0 Å². The lowest BCUT2D eigenvalue weighted by Gasteiger charge is -2.05. The maximum atomic E-state index is 4.68. The first-order valence-electron chi connectivity index (χ1n) is 6.70. The van der Waals surface area contributed by atoms with Crippen molar-refractivity contribution in [2.24, 2.45) is 0 Å². The molecule has 1 aromatic heterocycles. The smallest absolute Gasteiger partial charge is 0.0740 e. The Morgan fingerprint density at radius 2 is 1.62 bits per heavy atom. The van der Waals surface area contributed by atoms with Gasteiger partial charge in [0.05, 0.1) is 22.0 Å². The van der Waals surface area contributed by atoms with Gasteiger partial charge >= 0.3 is 0 Å². The van der Waals surface area contributed by atoms with E-state index in [1.165, 1.54) is 15.5 Å². The molecule has 0 amide bonds. The van der Waals surface area contributed by atoms with Crippen LogP contribution in [0.5, 0.6) is 0 Å². The van der Waals surface area contributed by atoms with Crippen molar-refractivity contribution in [3.05, 3.63) is 70.5 Å². The zero-order valence-electron chi connectivity index (χ0n) is 11.9. The molecule has 2 aromatic carbocycles. The second-order valence-corrected chi connectivity index (χ2v) is 6.80. The topological polar surface area (TPSA) is 17.8 Å².